The van der Waals surface area contributed by atoms with E-state index < -0.39 is 16.1 Å². The molecule has 0 atom stereocenters. The highest BCUT2D eigenvalue weighted by Gasteiger charge is 2.22. The number of primary sulfonamides is 1. The number of aromatic nitrogens is 2. The lowest BCUT2D eigenvalue weighted by Gasteiger charge is -2.18. The first-order valence-corrected chi connectivity index (χ1v) is 7.33. The van der Waals surface area contributed by atoms with Gasteiger partial charge in [0.15, 0.2) is 0 Å². The first kappa shape index (κ1) is 14.7. The van der Waals surface area contributed by atoms with Gasteiger partial charge in [0.25, 0.3) is 0 Å². The molecule has 1 aromatic heterocycles. The summed E-state index contributed by atoms with van der Waals surface area (Å²) in [7, 11) is -3.23. The third-order valence-corrected chi connectivity index (χ3v) is 4.15. The molecule has 0 aliphatic heterocycles. The summed E-state index contributed by atoms with van der Waals surface area (Å²) < 4.78 is 22.6. The Balaban J connectivity index is 0.000000184. The quantitative estimate of drug-likeness (QED) is 0.770. The minimum absolute atomic E-state index is 0.249. The van der Waals surface area contributed by atoms with E-state index >= 15 is 0 Å². The lowest BCUT2D eigenvalue weighted by molar-refractivity contribution is 0.247. The molecule has 0 spiro atoms. The molecule has 0 bridgehead atoms. The van der Waals surface area contributed by atoms with Crippen molar-refractivity contribution in [1.82, 2.24) is 9.78 Å². The zero-order valence-corrected chi connectivity index (χ0v) is 10.8. The highest BCUT2D eigenvalue weighted by Crippen LogP contribution is 2.21. The van der Waals surface area contributed by atoms with Crippen molar-refractivity contribution in [1.29, 1.82) is 0 Å². The Morgan fingerprint density at radius 3 is 2.17 bits per heavy atom. The summed E-state index contributed by atoms with van der Waals surface area (Å²) in [5.41, 5.74) is 4.82. The number of hydrogen-bond donors (Lipinski definition) is 2. The van der Waals surface area contributed by atoms with E-state index in [4.69, 9.17) is 10.9 Å². The average molecular weight is 274 g/mol. The fourth-order valence-electron chi connectivity index (χ4n) is 1.79. The van der Waals surface area contributed by atoms with Crippen LogP contribution in [0.2, 0.25) is 0 Å². The van der Waals surface area contributed by atoms with E-state index in [1.807, 2.05) is 0 Å². The zero-order valence-electron chi connectivity index (χ0n) is 10.0. The second kappa shape index (κ2) is 6.50. The molecule has 1 aliphatic carbocycles. The fraction of sp³-hybridized carbons (Fsp3) is 0.600. The Labute approximate surface area is 106 Å². The van der Waals surface area contributed by atoms with Gasteiger partial charge in [-0.2, -0.15) is 9.78 Å². The number of carbonyl (C=O) groups excluding carboxylic acids is 1. The molecule has 1 aromatic rings. The van der Waals surface area contributed by atoms with Gasteiger partial charge in [-0.15, -0.1) is 0 Å². The Kier molecular flexibility index (Phi) is 5.29. The molecule has 7 nitrogen and oxygen atoms in total. The van der Waals surface area contributed by atoms with Crippen molar-refractivity contribution in [3.63, 3.8) is 0 Å². The van der Waals surface area contributed by atoms with Crippen LogP contribution in [-0.4, -0.2) is 29.5 Å². The monoisotopic (exact) mass is 274 g/mol. The molecule has 8 heteroatoms. The molecule has 1 saturated carbocycles. The maximum Gasteiger partial charge on any atom is 0.339 e. The predicted octanol–water partition coefficient (Wildman–Crippen LogP) is 0.417. The molecule has 0 unspecified atom stereocenters. The smallest absolute Gasteiger partial charge is 0.339 e. The van der Waals surface area contributed by atoms with Gasteiger partial charge in [0, 0.05) is 12.4 Å². The number of nitrogens with two attached hydrogens (primary N) is 2. The summed E-state index contributed by atoms with van der Waals surface area (Å²) >= 11 is 0. The van der Waals surface area contributed by atoms with Crippen molar-refractivity contribution >= 4 is 16.1 Å². The molecule has 1 fully saturated rings. The number of primary amides is 1. The molecule has 0 aromatic carbocycles. The van der Waals surface area contributed by atoms with E-state index in [0.29, 0.717) is 0 Å². The van der Waals surface area contributed by atoms with Crippen LogP contribution in [0.1, 0.15) is 32.1 Å². The third-order valence-electron chi connectivity index (χ3n) is 2.75. The lowest BCUT2D eigenvalue weighted by Crippen LogP contribution is -2.30. The minimum Gasteiger partial charge on any atom is -0.350 e. The van der Waals surface area contributed by atoms with Crippen molar-refractivity contribution in [2.45, 2.75) is 37.4 Å². The number of rotatable bonds is 1. The molecule has 18 heavy (non-hydrogen) atoms. The van der Waals surface area contributed by atoms with Gasteiger partial charge >= 0.3 is 6.03 Å². The number of hydrogen-bond acceptors (Lipinski definition) is 4. The number of amides is 1. The van der Waals surface area contributed by atoms with Crippen LogP contribution in [-0.2, 0) is 10.0 Å². The Hall–Kier alpha value is -1.41. The van der Waals surface area contributed by atoms with Gasteiger partial charge in [0.1, 0.15) is 0 Å². The summed E-state index contributed by atoms with van der Waals surface area (Å²) in [6.07, 6.45) is 7.69. The fourth-order valence-corrected chi connectivity index (χ4v) is 2.78. The largest absolute Gasteiger partial charge is 0.350 e. The van der Waals surface area contributed by atoms with E-state index in [0.717, 1.165) is 36.8 Å². The van der Waals surface area contributed by atoms with Crippen LogP contribution in [0.15, 0.2) is 18.5 Å². The second-order valence-electron chi connectivity index (χ2n) is 4.14. The van der Waals surface area contributed by atoms with Crippen molar-refractivity contribution in [2.75, 3.05) is 0 Å². The van der Waals surface area contributed by atoms with Gasteiger partial charge in [0.05, 0.1) is 5.25 Å². The second-order valence-corrected chi connectivity index (χ2v) is 5.98. The highest BCUT2D eigenvalue weighted by atomic mass is 32.2. The SMILES string of the molecule is NC(=O)n1cccn1.NS(=O)(=O)C1CCCCC1. The van der Waals surface area contributed by atoms with Crippen LogP contribution >= 0.6 is 0 Å². The summed E-state index contributed by atoms with van der Waals surface area (Å²) in [4.78, 5) is 10.2. The molecule has 102 valence electrons. The van der Waals surface area contributed by atoms with Gasteiger partial charge in [-0.3, -0.25) is 0 Å². The van der Waals surface area contributed by atoms with Crippen LogP contribution < -0.4 is 10.9 Å². The maximum atomic E-state index is 10.8. The molecule has 1 amide bonds. The van der Waals surface area contributed by atoms with Gasteiger partial charge in [-0.05, 0) is 18.9 Å². The standard InChI is InChI=1S/C6H13NO2S.C4H5N3O/c7-10(8,9)6-4-2-1-3-5-6;5-4(8)7-3-1-2-6-7/h6H,1-5H2,(H2,7,8,9);1-3H,(H2,5,8). The summed E-state index contributed by atoms with van der Waals surface area (Å²) in [6, 6.07) is 1.07. The number of nitrogens with zero attached hydrogens (tertiary/aromatic N) is 2. The Bertz CT molecular complexity index is 463. The molecular weight excluding hydrogens is 256 g/mol. The molecule has 0 saturated heterocycles. The molecule has 1 heterocycles. The maximum absolute atomic E-state index is 10.8. The molecule has 0 radical (unpaired) electrons. The lowest BCUT2D eigenvalue weighted by atomic mass is 10.0. The van der Waals surface area contributed by atoms with Crippen molar-refractivity contribution in [3.8, 4) is 0 Å². The Morgan fingerprint density at radius 2 is 1.89 bits per heavy atom. The van der Waals surface area contributed by atoms with Gasteiger partial charge in [0.2, 0.25) is 10.0 Å². The van der Waals surface area contributed by atoms with Crippen LogP contribution in [0.25, 0.3) is 0 Å². The normalized spacial score (nSPS) is 16.7. The first-order valence-electron chi connectivity index (χ1n) is 5.72. The predicted molar refractivity (Wildman–Crippen MR) is 67.2 cm³/mol. The van der Waals surface area contributed by atoms with Crippen LogP contribution in [0.3, 0.4) is 0 Å². The van der Waals surface area contributed by atoms with E-state index in [2.05, 4.69) is 5.10 Å². The van der Waals surface area contributed by atoms with Crippen LogP contribution in [0.4, 0.5) is 4.79 Å². The Morgan fingerprint density at radius 1 is 1.28 bits per heavy atom. The van der Waals surface area contributed by atoms with Gasteiger partial charge < -0.3 is 5.73 Å². The minimum atomic E-state index is -3.23. The van der Waals surface area contributed by atoms with E-state index in [-0.39, 0.29) is 5.25 Å². The molecule has 1 aliphatic rings. The zero-order chi connectivity index (χ0) is 13.6. The van der Waals surface area contributed by atoms with E-state index in [1.54, 1.807) is 6.07 Å². The van der Waals surface area contributed by atoms with Gasteiger partial charge in [-0.1, -0.05) is 19.3 Å². The van der Waals surface area contributed by atoms with Crippen molar-refractivity contribution in [2.24, 2.45) is 10.9 Å². The van der Waals surface area contributed by atoms with Gasteiger partial charge in [-0.25, -0.2) is 18.4 Å². The topological polar surface area (TPSA) is 121 Å². The summed E-state index contributed by atoms with van der Waals surface area (Å²) in [5.74, 6) is 0. The third kappa shape index (κ3) is 4.84. The first-order chi connectivity index (χ1) is 8.41. The molecule has 4 N–H and O–H groups in total. The number of sulfonamides is 1. The van der Waals surface area contributed by atoms with Crippen molar-refractivity contribution < 1.29 is 13.2 Å². The summed E-state index contributed by atoms with van der Waals surface area (Å²) in [5, 5.41) is 8.29. The van der Waals surface area contributed by atoms with Crippen LogP contribution in [0, 0.1) is 0 Å². The molecular formula is C10H18N4O3S. The highest BCUT2D eigenvalue weighted by molar-refractivity contribution is 7.89. The summed E-state index contributed by atoms with van der Waals surface area (Å²) in [6.45, 7) is 0. The van der Waals surface area contributed by atoms with E-state index in [9.17, 15) is 13.2 Å². The average Bonchev–Trinajstić information content (AvgIpc) is 2.83. The molecule has 2 rings (SSSR count). The van der Waals surface area contributed by atoms with Crippen LogP contribution in [0.5, 0.6) is 0 Å². The van der Waals surface area contributed by atoms with E-state index in [1.165, 1.54) is 12.4 Å². The van der Waals surface area contributed by atoms with Crippen molar-refractivity contribution in [3.05, 3.63) is 18.5 Å². The number of carbonyl (C=O) groups is 1.